The number of aliphatic imine (C=N–C) groups is 1. The summed E-state index contributed by atoms with van der Waals surface area (Å²) in [5.74, 6) is 0.122. The van der Waals surface area contributed by atoms with Gasteiger partial charge in [0.25, 0.3) is 11.8 Å². The lowest BCUT2D eigenvalue weighted by Gasteiger charge is -2.32. The highest BCUT2D eigenvalue weighted by molar-refractivity contribution is 5.97. The van der Waals surface area contributed by atoms with Crippen LogP contribution in [0.3, 0.4) is 0 Å². The van der Waals surface area contributed by atoms with Gasteiger partial charge in [0.15, 0.2) is 0 Å². The topological polar surface area (TPSA) is 72.7 Å². The normalized spacial score (nSPS) is 11.9. The quantitative estimate of drug-likeness (QED) is 0.121. The maximum atomic E-state index is 15.1. The van der Waals surface area contributed by atoms with Crippen LogP contribution >= 0.6 is 0 Å². The Hall–Kier alpha value is -3.26. The number of amides is 1. The monoisotopic (exact) mass is 529 g/mol. The molecule has 0 aliphatic carbocycles. The van der Waals surface area contributed by atoms with E-state index in [4.69, 9.17) is 14.3 Å². The molecular formula is C30H44FN3O4. The van der Waals surface area contributed by atoms with Crippen molar-refractivity contribution in [2.24, 2.45) is 10.1 Å². The van der Waals surface area contributed by atoms with E-state index in [2.05, 4.69) is 23.8 Å². The fraction of sp³-hybridized carbons (Fsp3) is 0.500. The number of hydrogen-bond donors (Lipinski definition) is 0. The van der Waals surface area contributed by atoms with E-state index >= 15 is 4.39 Å². The fourth-order valence-corrected chi connectivity index (χ4v) is 3.91. The van der Waals surface area contributed by atoms with Crippen LogP contribution in [0.25, 0.3) is 11.1 Å². The molecule has 0 N–H and O–H groups in total. The third-order valence-corrected chi connectivity index (χ3v) is 5.79. The molecule has 1 atom stereocenters. The van der Waals surface area contributed by atoms with Gasteiger partial charge in [-0.05, 0) is 70.5 Å². The van der Waals surface area contributed by atoms with Crippen molar-refractivity contribution in [2.75, 3.05) is 26.9 Å². The van der Waals surface area contributed by atoms with Gasteiger partial charge in [-0.3, -0.25) is 4.79 Å². The number of oxime groups is 1. The maximum Gasteiger partial charge on any atom is 0.254 e. The van der Waals surface area contributed by atoms with E-state index in [-0.39, 0.29) is 23.9 Å². The minimum Gasteiger partial charge on any atom is -0.493 e. The third kappa shape index (κ3) is 8.94. The van der Waals surface area contributed by atoms with Crippen molar-refractivity contribution in [1.82, 2.24) is 4.90 Å². The molecule has 2 aromatic rings. The second-order valence-electron chi connectivity index (χ2n) is 8.66. The Balaban J connectivity index is 0.00000352. The first-order chi connectivity index (χ1) is 18.3. The van der Waals surface area contributed by atoms with Gasteiger partial charge in [-0.2, -0.15) is 0 Å². The molecule has 38 heavy (non-hydrogen) atoms. The van der Waals surface area contributed by atoms with Gasteiger partial charge in [0.2, 0.25) is 0 Å². The molecule has 0 aliphatic heterocycles. The van der Waals surface area contributed by atoms with Gasteiger partial charge >= 0.3 is 0 Å². The fourth-order valence-electron chi connectivity index (χ4n) is 3.91. The standard InChI is InChI=1S/C28H38FN3O4.C2H6/c1-8-20(5)32(19(3)4)28(33)22-11-13-23(26(18-22)35-16-10-15-34-7)24-17-21(12-14-25(24)29)27(31-9-2)36-30-6;1-2/h11-14,17-20H,6,8-10,15-16H2,1-5,7H3;1-2H3/t20-;/m1./s1. The molecule has 2 aromatic carbocycles. The summed E-state index contributed by atoms with van der Waals surface area (Å²) in [5, 5.41) is 3.46. The van der Waals surface area contributed by atoms with Crippen LogP contribution in [0.2, 0.25) is 0 Å². The number of halogens is 1. The van der Waals surface area contributed by atoms with E-state index < -0.39 is 5.82 Å². The molecule has 0 aromatic heterocycles. The van der Waals surface area contributed by atoms with Crippen LogP contribution in [-0.2, 0) is 9.57 Å². The number of carbonyl (C=O) groups is 1. The minimum absolute atomic E-state index is 0.0297. The summed E-state index contributed by atoms with van der Waals surface area (Å²) in [6.45, 7) is 18.6. The predicted molar refractivity (Wildman–Crippen MR) is 154 cm³/mol. The number of nitrogens with zero attached hydrogens (tertiary/aromatic N) is 3. The van der Waals surface area contributed by atoms with Gasteiger partial charge in [-0.25, -0.2) is 9.38 Å². The molecule has 0 radical (unpaired) electrons. The number of hydrogen-bond acceptors (Lipinski definition) is 6. The summed E-state index contributed by atoms with van der Waals surface area (Å²) in [6.07, 6.45) is 1.48. The lowest BCUT2D eigenvalue weighted by molar-refractivity contribution is 0.0621. The SMILES string of the molecule is C=NOC(=NCC)c1ccc(F)c(-c2ccc(C(=O)N(C(C)C)[C@H](C)CC)cc2OCCCOC)c1.CC. The first-order valence-corrected chi connectivity index (χ1v) is 13.3. The molecule has 0 fully saturated rings. The van der Waals surface area contributed by atoms with E-state index in [1.54, 1.807) is 37.4 Å². The molecule has 210 valence electrons. The van der Waals surface area contributed by atoms with Crippen LogP contribution in [0.15, 0.2) is 46.5 Å². The van der Waals surface area contributed by atoms with Crippen LogP contribution in [-0.4, -0.2) is 62.4 Å². The Morgan fingerprint density at radius 2 is 1.71 bits per heavy atom. The third-order valence-electron chi connectivity index (χ3n) is 5.79. The summed E-state index contributed by atoms with van der Waals surface area (Å²) < 4.78 is 26.3. The molecular weight excluding hydrogens is 485 g/mol. The Morgan fingerprint density at radius 3 is 2.29 bits per heavy atom. The van der Waals surface area contributed by atoms with Crippen molar-refractivity contribution >= 4 is 18.5 Å². The molecule has 8 heteroatoms. The van der Waals surface area contributed by atoms with Gasteiger partial charge in [0.1, 0.15) is 11.6 Å². The highest BCUT2D eigenvalue weighted by Crippen LogP contribution is 2.34. The van der Waals surface area contributed by atoms with Crippen molar-refractivity contribution in [3.63, 3.8) is 0 Å². The van der Waals surface area contributed by atoms with Crippen molar-refractivity contribution in [2.45, 2.75) is 73.4 Å². The molecule has 0 unspecified atom stereocenters. The van der Waals surface area contributed by atoms with Gasteiger partial charge in [-0.15, -0.1) is 0 Å². The summed E-state index contributed by atoms with van der Waals surface area (Å²) >= 11 is 0. The molecule has 0 bridgehead atoms. The Morgan fingerprint density at radius 1 is 1.03 bits per heavy atom. The van der Waals surface area contributed by atoms with Crippen molar-refractivity contribution < 1.29 is 23.5 Å². The minimum atomic E-state index is -0.439. The van der Waals surface area contributed by atoms with Crippen LogP contribution in [0.4, 0.5) is 4.39 Å². The Bertz CT molecular complexity index is 1060. The van der Waals surface area contributed by atoms with Gasteiger partial charge in [0.05, 0.1) is 6.61 Å². The lowest BCUT2D eigenvalue weighted by atomic mass is 9.98. The number of benzene rings is 2. The average molecular weight is 530 g/mol. The van der Waals surface area contributed by atoms with E-state index in [0.29, 0.717) is 54.2 Å². The second-order valence-corrected chi connectivity index (χ2v) is 8.66. The van der Waals surface area contributed by atoms with Crippen molar-refractivity contribution in [3.05, 3.63) is 53.3 Å². The zero-order chi connectivity index (χ0) is 28.7. The maximum absolute atomic E-state index is 15.1. The molecule has 0 aliphatic rings. The van der Waals surface area contributed by atoms with Crippen LogP contribution in [0, 0.1) is 5.82 Å². The van der Waals surface area contributed by atoms with E-state index in [1.807, 2.05) is 46.4 Å². The highest BCUT2D eigenvalue weighted by Gasteiger charge is 2.25. The summed E-state index contributed by atoms with van der Waals surface area (Å²) in [4.78, 5) is 24.8. The predicted octanol–water partition coefficient (Wildman–Crippen LogP) is 6.98. The number of ether oxygens (including phenoxy) is 2. The smallest absolute Gasteiger partial charge is 0.254 e. The molecule has 1 amide bonds. The Kier molecular flexibility index (Phi) is 14.9. The van der Waals surface area contributed by atoms with Crippen LogP contribution < -0.4 is 4.74 Å². The molecule has 0 saturated heterocycles. The largest absolute Gasteiger partial charge is 0.493 e. The first-order valence-electron chi connectivity index (χ1n) is 13.3. The highest BCUT2D eigenvalue weighted by atomic mass is 19.1. The Labute approximate surface area is 227 Å². The molecule has 7 nitrogen and oxygen atoms in total. The second kappa shape index (κ2) is 17.3. The van der Waals surface area contributed by atoms with Crippen LogP contribution in [0.1, 0.15) is 77.2 Å². The van der Waals surface area contributed by atoms with E-state index in [0.717, 1.165) is 6.42 Å². The molecule has 2 rings (SSSR count). The van der Waals surface area contributed by atoms with E-state index in [9.17, 15) is 4.79 Å². The average Bonchev–Trinajstić information content (AvgIpc) is 2.92. The lowest BCUT2D eigenvalue weighted by Crippen LogP contribution is -2.43. The zero-order valence-corrected chi connectivity index (χ0v) is 24.2. The van der Waals surface area contributed by atoms with Gasteiger partial charge in [-0.1, -0.05) is 25.9 Å². The first kappa shape index (κ1) is 32.8. The number of methoxy groups -OCH3 is 1. The zero-order valence-electron chi connectivity index (χ0n) is 24.2. The number of rotatable bonds is 13. The van der Waals surface area contributed by atoms with Crippen molar-refractivity contribution in [1.29, 1.82) is 0 Å². The molecule has 0 saturated carbocycles. The van der Waals surface area contributed by atoms with Gasteiger partial charge in [0, 0.05) is 67.7 Å². The van der Waals surface area contributed by atoms with Crippen LogP contribution in [0.5, 0.6) is 5.75 Å². The summed E-state index contributed by atoms with van der Waals surface area (Å²) in [7, 11) is 1.62. The number of carbonyl (C=O) groups excluding carboxylic acids is 1. The van der Waals surface area contributed by atoms with E-state index in [1.165, 1.54) is 6.07 Å². The van der Waals surface area contributed by atoms with Crippen molar-refractivity contribution in [3.8, 4) is 16.9 Å². The molecule has 0 spiro atoms. The summed E-state index contributed by atoms with van der Waals surface area (Å²) in [5.41, 5.74) is 1.85. The van der Waals surface area contributed by atoms with Gasteiger partial charge < -0.3 is 19.2 Å². The summed E-state index contributed by atoms with van der Waals surface area (Å²) in [6, 6.07) is 9.78. The molecule has 0 heterocycles.